The molecule has 4 aromatic rings. The normalized spacial score (nSPS) is 16.1. The summed E-state index contributed by atoms with van der Waals surface area (Å²) in [7, 11) is 1.79. The zero-order valence-corrected chi connectivity index (χ0v) is 24.1. The Labute approximate surface area is 242 Å². The van der Waals surface area contributed by atoms with Crippen LogP contribution in [0.3, 0.4) is 0 Å². The van der Waals surface area contributed by atoms with Crippen molar-refractivity contribution in [3.05, 3.63) is 42.0 Å². The van der Waals surface area contributed by atoms with Gasteiger partial charge in [0.05, 0.1) is 40.5 Å². The van der Waals surface area contributed by atoms with E-state index in [9.17, 15) is 22.8 Å². The maximum atomic E-state index is 12.9. The molecule has 0 spiro atoms. The second-order valence-electron chi connectivity index (χ2n) is 10.6. The van der Waals surface area contributed by atoms with E-state index in [0.717, 1.165) is 16.9 Å². The largest absolute Gasteiger partial charge is 0.573 e. The minimum atomic E-state index is -4.78. The monoisotopic (exact) mass is 606 g/mol. The Morgan fingerprint density at radius 2 is 1.90 bits per heavy atom. The number of morpholine rings is 1. The van der Waals surface area contributed by atoms with Gasteiger partial charge in [-0.1, -0.05) is 11.3 Å². The van der Waals surface area contributed by atoms with Crippen LogP contribution in [0.4, 0.5) is 29.0 Å². The third-order valence-corrected chi connectivity index (χ3v) is 7.17. The Bertz CT molecular complexity index is 1630. The first kappa shape index (κ1) is 29.4. The number of hydrogen-bond acceptors (Lipinski definition) is 9. The number of hydrogen-bond donors (Lipinski definition) is 2. The topological polar surface area (TPSA) is 120 Å². The van der Waals surface area contributed by atoms with Gasteiger partial charge in [0.25, 0.3) is 5.91 Å². The number of carbonyl (C=O) groups excluding carboxylic acids is 2. The Morgan fingerprint density at radius 3 is 2.64 bits per heavy atom. The quantitative estimate of drug-likeness (QED) is 0.308. The Balaban J connectivity index is 1.23. The summed E-state index contributed by atoms with van der Waals surface area (Å²) in [6.07, 6.45) is -5.58. The SMILES string of the molecule is Cn1c(Nc2nc3ccc(OC(F)(F)F)cc3s2)nc2cc(C(=O)NCC3CN(C(=O)OC(C)(C)C)CCO3)ccc21. The summed E-state index contributed by atoms with van der Waals surface area (Å²) < 4.78 is 55.1. The van der Waals surface area contributed by atoms with E-state index >= 15 is 0 Å². The van der Waals surface area contributed by atoms with Crippen molar-refractivity contribution in [1.29, 1.82) is 0 Å². The highest BCUT2D eigenvalue weighted by molar-refractivity contribution is 7.22. The van der Waals surface area contributed by atoms with Gasteiger partial charge < -0.3 is 34.3 Å². The van der Waals surface area contributed by atoms with Crippen molar-refractivity contribution in [2.45, 2.75) is 38.8 Å². The number of aromatic nitrogens is 3. The maximum absolute atomic E-state index is 12.9. The molecule has 0 aliphatic carbocycles. The van der Waals surface area contributed by atoms with Gasteiger partial charge in [-0.15, -0.1) is 13.2 Å². The van der Waals surface area contributed by atoms with E-state index in [0.29, 0.717) is 52.1 Å². The average molecular weight is 607 g/mol. The van der Waals surface area contributed by atoms with E-state index < -0.39 is 18.1 Å². The summed E-state index contributed by atoms with van der Waals surface area (Å²) in [5, 5.41) is 6.38. The van der Waals surface area contributed by atoms with Crippen molar-refractivity contribution in [2.24, 2.45) is 7.05 Å². The molecule has 2 N–H and O–H groups in total. The van der Waals surface area contributed by atoms with Gasteiger partial charge in [0.15, 0.2) is 5.13 Å². The number of imidazole rings is 1. The number of nitrogens with zero attached hydrogens (tertiary/aromatic N) is 4. The van der Waals surface area contributed by atoms with Crippen LogP contribution in [0.5, 0.6) is 5.75 Å². The molecule has 5 rings (SSSR count). The van der Waals surface area contributed by atoms with Crippen molar-refractivity contribution < 1.29 is 37.0 Å². The number of rotatable bonds is 6. The van der Waals surface area contributed by atoms with E-state index in [1.165, 1.54) is 18.2 Å². The summed E-state index contributed by atoms with van der Waals surface area (Å²) in [4.78, 5) is 35.9. The number of nitrogens with one attached hydrogen (secondary N) is 2. The molecule has 0 radical (unpaired) electrons. The molecule has 1 atom stereocenters. The first-order valence-electron chi connectivity index (χ1n) is 13.0. The van der Waals surface area contributed by atoms with Crippen LogP contribution in [0.2, 0.25) is 0 Å². The molecule has 2 aromatic heterocycles. The third kappa shape index (κ3) is 7.02. The van der Waals surface area contributed by atoms with Crippen LogP contribution in [0.25, 0.3) is 21.3 Å². The van der Waals surface area contributed by atoms with Gasteiger partial charge in [-0.05, 0) is 51.1 Å². The van der Waals surface area contributed by atoms with Gasteiger partial charge in [0, 0.05) is 31.8 Å². The van der Waals surface area contributed by atoms with Crippen molar-refractivity contribution in [3.8, 4) is 5.75 Å². The van der Waals surface area contributed by atoms with Gasteiger partial charge in [0.2, 0.25) is 5.95 Å². The summed E-state index contributed by atoms with van der Waals surface area (Å²) in [6.45, 7) is 6.67. The van der Waals surface area contributed by atoms with E-state index in [4.69, 9.17) is 9.47 Å². The zero-order chi connectivity index (χ0) is 30.2. The molecule has 1 aliphatic rings. The smallest absolute Gasteiger partial charge is 0.444 e. The number of alkyl halides is 3. The molecule has 1 fully saturated rings. The van der Waals surface area contributed by atoms with Gasteiger partial charge in [-0.25, -0.2) is 14.8 Å². The fourth-order valence-electron chi connectivity index (χ4n) is 4.35. The number of fused-ring (bicyclic) bond motifs is 2. The number of halogens is 3. The van der Waals surface area contributed by atoms with E-state index in [-0.39, 0.29) is 24.3 Å². The van der Waals surface area contributed by atoms with Crippen LogP contribution in [-0.2, 0) is 16.5 Å². The number of amides is 2. The minimum Gasteiger partial charge on any atom is -0.444 e. The van der Waals surface area contributed by atoms with Crippen LogP contribution in [0, 0.1) is 0 Å². The van der Waals surface area contributed by atoms with Gasteiger partial charge >= 0.3 is 12.5 Å². The number of thiazole rings is 1. The van der Waals surface area contributed by atoms with Crippen molar-refractivity contribution in [2.75, 3.05) is 31.6 Å². The predicted molar refractivity (Wildman–Crippen MR) is 150 cm³/mol. The lowest BCUT2D eigenvalue weighted by atomic mass is 10.2. The number of ether oxygens (including phenoxy) is 3. The van der Waals surface area contributed by atoms with Gasteiger partial charge in [-0.2, -0.15) is 0 Å². The molecule has 11 nitrogen and oxygen atoms in total. The Hall–Kier alpha value is -4.11. The molecule has 15 heteroatoms. The maximum Gasteiger partial charge on any atom is 0.573 e. The molecule has 3 heterocycles. The molecule has 0 bridgehead atoms. The Kier molecular flexibility index (Phi) is 7.90. The van der Waals surface area contributed by atoms with Crippen LogP contribution < -0.4 is 15.4 Å². The molecule has 1 unspecified atom stereocenters. The molecular weight excluding hydrogens is 577 g/mol. The van der Waals surface area contributed by atoms with E-state index in [2.05, 4.69) is 25.3 Å². The number of carbonyl (C=O) groups is 2. The van der Waals surface area contributed by atoms with Crippen molar-refractivity contribution in [3.63, 3.8) is 0 Å². The van der Waals surface area contributed by atoms with E-state index in [1.54, 1.807) is 55.5 Å². The lowest BCUT2D eigenvalue weighted by Gasteiger charge is -2.34. The third-order valence-electron chi connectivity index (χ3n) is 6.24. The second-order valence-corrected chi connectivity index (χ2v) is 11.7. The lowest BCUT2D eigenvalue weighted by Crippen LogP contribution is -2.50. The molecule has 224 valence electrons. The number of benzene rings is 2. The number of aryl methyl sites for hydroxylation is 1. The molecule has 1 aliphatic heterocycles. The second kappa shape index (κ2) is 11.3. The first-order chi connectivity index (χ1) is 19.7. The highest BCUT2D eigenvalue weighted by atomic mass is 32.1. The highest BCUT2D eigenvalue weighted by Crippen LogP contribution is 2.33. The number of anilines is 2. The molecule has 2 aromatic carbocycles. The van der Waals surface area contributed by atoms with Crippen LogP contribution in [0.1, 0.15) is 31.1 Å². The summed E-state index contributed by atoms with van der Waals surface area (Å²) in [5.41, 5.74) is 1.60. The van der Waals surface area contributed by atoms with E-state index in [1.807, 2.05) is 0 Å². The molecule has 0 saturated carbocycles. The van der Waals surface area contributed by atoms with Crippen molar-refractivity contribution >= 4 is 55.7 Å². The van der Waals surface area contributed by atoms with Crippen LogP contribution >= 0.6 is 11.3 Å². The molecular formula is C27H29F3N6O5S. The zero-order valence-electron chi connectivity index (χ0n) is 23.2. The predicted octanol–water partition coefficient (Wildman–Crippen LogP) is 5.19. The summed E-state index contributed by atoms with van der Waals surface area (Å²) in [6, 6.07) is 9.03. The summed E-state index contributed by atoms with van der Waals surface area (Å²) >= 11 is 1.15. The first-order valence-corrected chi connectivity index (χ1v) is 13.8. The average Bonchev–Trinajstić information content (AvgIpc) is 3.44. The fraction of sp³-hybridized carbons (Fsp3) is 0.407. The lowest BCUT2D eigenvalue weighted by molar-refractivity contribution is -0.274. The minimum absolute atomic E-state index is 0.207. The molecule has 42 heavy (non-hydrogen) atoms. The van der Waals surface area contributed by atoms with Crippen molar-refractivity contribution in [1.82, 2.24) is 24.8 Å². The fourth-order valence-corrected chi connectivity index (χ4v) is 5.24. The standard InChI is InChI=1S/C27H29F3N6O5S/c1-26(2,3)41-25(38)36-9-10-39-17(14-36)13-31-22(37)15-5-8-20-19(11-15)32-23(35(20)4)34-24-33-18-7-6-16(12-21(18)42-24)40-27(28,29)30/h5-8,11-12,17H,9-10,13-14H2,1-4H3,(H,31,37)(H,32,33,34). The van der Waals surface area contributed by atoms with Crippen LogP contribution in [0.15, 0.2) is 36.4 Å². The summed E-state index contributed by atoms with van der Waals surface area (Å²) in [5.74, 6) is -0.210. The van der Waals surface area contributed by atoms with Gasteiger partial charge in [0.1, 0.15) is 11.4 Å². The van der Waals surface area contributed by atoms with Crippen LogP contribution in [-0.4, -0.2) is 75.7 Å². The molecule has 1 saturated heterocycles. The highest BCUT2D eigenvalue weighted by Gasteiger charge is 2.31. The Morgan fingerprint density at radius 1 is 1.12 bits per heavy atom. The van der Waals surface area contributed by atoms with Gasteiger partial charge in [-0.3, -0.25) is 4.79 Å². The molecule has 2 amide bonds.